The first-order valence-corrected chi connectivity index (χ1v) is 13.0. The molecule has 2 aliphatic rings. The molecule has 1 heterocycles. The highest BCUT2D eigenvalue weighted by atomic mass is 16.5. The Labute approximate surface area is 213 Å². The molecule has 2 aromatic carbocycles. The molecule has 1 unspecified atom stereocenters. The normalized spacial score (nSPS) is 18.8. The van der Waals surface area contributed by atoms with Crippen molar-refractivity contribution >= 4 is 17.8 Å². The number of benzene rings is 2. The summed E-state index contributed by atoms with van der Waals surface area (Å²) in [5.74, 6) is -0.803. The number of rotatable bonds is 7. The molecular formula is C30H36N2O4. The smallest absolute Gasteiger partial charge is 0.336 e. The number of amides is 2. The van der Waals surface area contributed by atoms with Crippen molar-refractivity contribution in [1.82, 2.24) is 10.2 Å². The van der Waals surface area contributed by atoms with Crippen LogP contribution in [-0.4, -0.2) is 35.3 Å². The Hall–Kier alpha value is -3.41. The fraction of sp³-hybridized carbons (Fsp3) is 0.433. The molecule has 0 spiro atoms. The Morgan fingerprint density at radius 2 is 1.75 bits per heavy atom. The van der Waals surface area contributed by atoms with Gasteiger partial charge in [0.1, 0.15) is 0 Å². The highest BCUT2D eigenvalue weighted by Gasteiger charge is 2.37. The van der Waals surface area contributed by atoms with Crippen molar-refractivity contribution in [3.05, 3.63) is 82.1 Å². The monoisotopic (exact) mass is 488 g/mol. The molecular weight excluding hydrogens is 452 g/mol. The SMILES string of the molecule is CCOC(=O)C1=C(C)N(Cc2ccc(C(=O)NC3CCCCC3)cc2)C(=O)CC1c1cccc(C)c1. The van der Waals surface area contributed by atoms with Crippen LogP contribution in [0.25, 0.3) is 0 Å². The number of hydrogen-bond donors (Lipinski definition) is 1. The molecule has 0 bridgehead atoms. The second kappa shape index (κ2) is 11.5. The van der Waals surface area contributed by atoms with Crippen molar-refractivity contribution in [2.75, 3.05) is 6.61 Å². The van der Waals surface area contributed by atoms with E-state index < -0.39 is 0 Å². The molecule has 1 N–H and O–H groups in total. The van der Waals surface area contributed by atoms with E-state index in [-0.39, 0.29) is 42.8 Å². The highest BCUT2D eigenvalue weighted by molar-refractivity contribution is 5.96. The van der Waals surface area contributed by atoms with Gasteiger partial charge in [0.15, 0.2) is 0 Å². The number of carbonyl (C=O) groups is 3. The minimum Gasteiger partial charge on any atom is -0.463 e. The third kappa shape index (κ3) is 5.86. The maximum absolute atomic E-state index is 13.3. The van der Waals surface area contributed by atoms with E-state index in [1.54, 1.807) is 11.8 Å². The Bertz CT molecular complexity index is 1150. The predicted octanol–water partition coefficient (Wildman–Crippen LogP) is 5.41. The van der Waals surface area contributed by atoms with Crippen LogP contribution in [0, 0.1) is 6.92 Å². The minimum absolute atomic E-state index is 0.0360. The van der Waals surface area contributed by atoms with Crippen molar-refractivity contribution < 1.29 is 19.1 Å². The summed E-state index contributed by atoms with van der Waals surface area (Å²) in [6, 6.07) is 15.6. The van der Waals surface area contributed by atoms with Crippen LogP contribution >= 0.6 is 0 Å². The fourth-order valence-electron chi connectivity index (χ4n) is 5.31. The van der Waals surface area contributed by atoms with Gasteiger partial charge in [-0.05, 0) is 56.9 Å². The second-order valence-corrected chi connectivity index (χ2v) is 9.88. The van der Waals surface area contributed by atoms with Gasteiger partial charge < -0.3 is 15.0 Å². The van der Waals surface area contributed by atoms with Gasteiger partial charge in [0.05, 0.1) is 18.7 Å². The Morgan fingerprint density at radius 1 is 1.03 bits per heavy atom. The molecule has 1 fully saturated rings. The molecule has 36 heavy (non-hydrogen) atoms. The summed E-state index contributed by atoms with van der Waals surface area (Å²) in [5.41, 5.74) is 4.69. The third-order valence-corrected chi connectivity index (χ3v) is 7.26. The number of esters is 1. The Balaban J connectivity index is 1.54. The van der Waals surface area contributed by atoms with Crippen molar-refractivity contribution in [3.63, 3.8) is 0 Å². The zero-order valence-corrected chi connectivity index (χ0v) is 21.5. The molecule has 4 rings (SSSR count). The first kappa shape index (κ1) is 25.7. The molecule has 2 amide bonds. The number of aryl methyl sites for hydroxylation is 1. The standard InChI is InChI=1S/C30H36N2O4/c1-4-36-30(35)28-21(3)32(27(33)18-26(28)24-10-8-9-20(2)17-24)19-22-13-15-23(16-14-22)29(34)31-25-11-6-5-7-12-25/h8-10,13-17,25-26H,4-7,11-12,18-19H2,1-3H3,(H,31,34). The van der Waals surface area contributed by atoms with Gasteiger partial charge in [0.2, 0.25) is 5.91 Å². The second-order valence-electron chi connectivity index (χ2n) is 9.88. The van der Waals surface area contributed by atoms with E-state index in [9.17, 15) is 14.4 Å². The summed E-state index contributed by atoms with van der Waals surface area (Å²) in [6.45, 7) is 6.21. The highest BCUT2D eigenvalue weighted by Crippen LogP contribution is 2.38. The zero-order chi connectivity index (χ0) is 25.7. The Kier molecular flexibility index (Phi) is 8.24. The molecule has 6 nitrogen and oxygen atoms in total. The lowest BCUT2D eigenvalue weighted by molar-refractivity contribution is -0.140. The van der Waals surface area contributed by atoms with Crippen LogP contribution in [0.1, 0.15) is 85.3 Å². The first-order valence-electron chi connectivity index (χ1n) is 13.0. The van der Waals surface area contributed by atoms with E-state index in [4.69, 9.17) is 4.74 Å². The lowest BCUT2D eigenvalue weighted by atomic mass is 9.83. The van der Waals surface area contributed by atoms with Gasteiger partial charge in [-0.1, -0.05) is 61.2 Å². The van der Waals surface area contributed by atoms with Gasteiger partial charge in [-0.2, -0.15) is 0 Å². The van der Waals surface area contributed by atoms with Crippen LogP contribution < -0.4 is 5.32 Å². The average Bonchev–Trinajstić information content (AvgIpc) is 2.87. The average molecular weight is 489 g/mol. The maximum atomic E-state index is 13.3. The lowest BCUT2D eigenvalue weighted by Gasteiger charge is -2.34. The summed E-state index contributed by atoms with van der Waals surface area (Å²) < 4.78 is 5.39. The van der Waals surface area contributed by atoms with Crippen molar-refractivity contribution in [2.24, 2.45) is 0 Å². The van der Waals surface area contributed by atoms with Gasteiger partial charge in [-0.3, -0.25) is 9.59 Å². The molecule has 1 saturated carbocycles. The van der Waals surface area contributed by atoms with E-state index in [1.807, 2.05) is 62.4 Å². The molecule has 1 aliphatic carbocycles. The number of ether oxygens (including phenoxy) is 1. The molecule has 1 aliphatic heterocycles. The van der Waals surface area contributed by atoms with Crippen LogP contribution in [0.3, 0.4) is 0 Å². The summed E-state index contributed by atoms with van der Waals surface area (Å²) in [7, 11) is 0. The quantitative estimate of drug-likeness (QED) is 0.529. The summed E-state index contributed by atoms with van der Waals surface area (Å²) in [6.07, 6.45) is 5.86. The topological polar surface area (TPSA) is 75.7 Å². The summed E-state index contributed by atoms with van der Waals surface area (Å²) in [5, 5.41) is 3.14. The van der Waals surface area contributed by atoms with Crippen LogP contribution in [0.4, 0.5) is 0 Å². The van der Waals surface area contributed by atoms with Crippen molar-refractivity contribution in [2.45, 2.75) is 77.8 Å². The number of nitrogens with zero attached hydrogens (tertiary/aromatic N) is 1. The minimum atomic E-state index is -0.381. The largest absolute Gasteiger partial charge is 0.463 e. The molecule has 1 atom stereocenters. The Morgan fingerprint density at radius 3 is 2.42 bits per heavy atom. The van der Waals surface area contributed by atoms with Crippen LogP contribution in [0.15, 0.2) is 59.8 Å². The zero-order valence-electron chi connectivity index (χ0n) is 21.5. The van der Waals surface area contributed by atoms with E-state index in [0.717, 1.165) is 29.5 Å². The number of allylic oxidation sites excluding steroid dienone is 1. The van der Waals surface area contributed by atoms with Crippen LogP contribution in [0.2, 0.25) is 0 Å². The fourth-order valence-corrected chi connectivity index (χ4v) is 5.31. The summed E-state index contributed by atoms with van der Waals surface area (Å²) in [4.78, 5) is 40.6. The summed E-state index contributed by atoms with van der Waals surface area (Å²) >= 11 is 0. The van der Waals surface area contributed by atoms with Gasteiger partial charge >= 0.3 is 5.97 Å². The van der Waals surface area contributed by atoms with Gasteiger partial charge in [-0.25, -0.2) is 4.79 Å². The van der Waals surface area contributed by atoms with Gasteiger partial charge in [-0.15, -0.1) is 0 Å². The van der Waals surface area contributed by atoms with Crippen LogP contribution in [-0.2, 0) is 20.9 Å². The maximum Gasteiger partial charge on any atom is 0.336 e. The molecule has 0 saturated heterocycles. The lowest BCUT2D eigenvalue weighted by Crippen LogP contribution is -2.38. The van der Waals surface area contributed by atoms with Crippen LogP contribution in [0.5, 0.6) is 0 Å². The number of nitrogens with one attached hydrogen (secondary N) is 1. The molecule has 6 heteroatoms. The van der Waals surface area contributed by atoms with E-state index in [0.29, 0.717) is 23.4 Å². The van der Waals surface area contributed by atoms with E-state index in [1.165, 1.54) is 19.3 Å². The molecule has 0 aromatic heterocycles. The van der Waals surface area contributed by atoms with E-state index in [2.05, 4.69) is 5.32 Å². The molecule has 2 aromatic rings. The number of carbonyl (C=O) groups excluding carboxylic acids is 3. The van der Waals surface area contributed by atoms with Gasteiger partial charge in [0.25, 0.3) is 5.91 Å². The first-order chi connectivity index (χ1) is 17.4. The van der Waals surface area contributed by atoms with Crippen molar-refractivity contribution in [1.29, 1.82) is 0 Å². The van der Waals surface area contributed by atoms with E-state index >= 15 is 0 Å². The van der Waals surface area contributed by atoms with Gasteiger partial charge in [0, 0.05) is 29.6 Å². The third-order valence-electron chi connectivity index (χ3n) is 7.26. The van der Waals surface area contributed by atoms with Crippen molar-refractivity contribution in [3.8, 4) is 0 Å². The predicted molar refractivity (Wildman–Crippen MR) is 139 cm³/mol. The number of hydrogen-bond acceptors (Lipinski definition) is 4. The molecule has 190 valence electrons. The molecule has 0 radical (unpaired) electrons.